The molecule has 0 aliphatic carbocycles. The Hall–Kier alpha value is -2.60. The third kappa shape index (κ3) is 6.39. The normalized spacial score (nSPS) is 20.6. The topological polar surface area (TPSA) is 15.7 Å². The second kappa shape index (κ2) is 12.1. The Labute approximate surface area is 213 Å². The Morgan fingerprint density at radius 1 is 0.750 bits per heavy atom. The van der Waals surface area contributed by atoms with Gasteiger partial charge in [0.25, 0.3) is 0 Å². The number of aryl methyl sites for hydroxylation is 1. The van der Waals surface area contributed by atoms with E-state index in [1.165, 1.54) is 62.1 Å². The Balaban J connectivity index is 1.15. The second-order valence-corrected chi connectivity index (χ2v) is 10.2. The van der Waals surface area contributed by atoms with Gasteiger partial charge in [0, 0.05) is 25.2 Å². The summed E-state index contributed by atoms with van der Waals surface area (Å²) in [6, 6.07) is 24.9. The summed E-state index contributed by atoms with van der Waals surface area (Å²) in [5.41, 5.74) is 3.18. The standard InChI is InChI=1S/C31H36F2N2O/c32-27-12-8-25(9-13-27)31(26-10-14-28(33)15-11-26)36-22-21-34-20-18-29-16-17-30(23-34)35(29)19-4-7-24-5-2-1-3-6-24/h1-3,5-6,8-15,29-31H,4,7,16-23H2/t29-,30-/m0/s1. The van der Waals surface area contributed by atoms with Gasteiger partial charge in [-0.05, 0) is 86.1 Å². The maximum atomic E-state index is 13.5. The largest absolute Gasteiger partial charge is 0.367 e. The summed E-state index contributed by atoms with van der Waals surface area (Å²) in [6.07, 6.45) is 5.81. The zero-order chi connectivity index (χ0) is 24.7. The van der Waals surface area contributed by atoms with Crippen LogP contribution in [0.2, 0.25) is 0 Å². The monoisotopic (exact) mass is 490 g/mol. The summed E-state index contributed by atoms with van der Waals surface area (Å²) in [7, 11) is 0. The second-order valence-electron chi connectivity index (χ2n) is 10.2. The van der Waals surface area contributed by atoms with Gasteiger partial charge in [-0.2, -0.15) is 0 Å². The predicted octanol–water partition coefficient (Wildman–Crippen LogP) is 6.24. The molecule has 0 spiro atoms. The van der Waals surface area contributed by atoms with Crippen LogP contribution in [0.5, 0.6) is 0 Å². The molecular weight excluding hydrogens is 454 g/mol. The predicted molar refractivity (Wildman–Crippen MR) is 140 cm³/mol. The minimum absolute atomic E-state index is 0.274. The van der Waals surface area contributed by atoms with Crippen molar-refractivity contribution in [3.8, 4) is 0 Å². The number of ether oxygens (including phenoxy) is 1. The molecule has 2 fully saturated rings. The molecule has 0 amide bonds. The van der Waals surface area contributed by atoms with Gasteiger partial charge < -0.3 is 4.74 Å². The van der Waals surface area contributed by atoms with Crippen molar-refractivity contribution in [3.05, 3.63) is 107 Å². The van der Waals surface area contributed by atoms with Crippen molar-refractivity contribution in [2.45, 2.75) is 50.3 Å². The first-order chi connectivity index (χ1) is 17.7. The average Bonchev–Trinajstić information content (AvgIpc) is 3.18. The van der Waals surface area contributed by atoms with Crippen LogP contribution in [-0.2, 0) is 11.2 Å². The van der Waals surface area contributed by atoms with Gasteiger partial charge >= 0.3 is 0 Å². The first-order valence-electron chi connectivity index (χ1n) is 13.3. The van der Waals surface area contributed by atoms with E-state index in [2.05, 4.69) is 40.1 Å². The van der Waals surface area contributed by atoms with Crippen molar-refractivity contribution >= 4 is 0 Å². The van der Waals surface area contributed by atoms with Gasteiger partial charge in [-0.1, -0.05) is 54.6 Å². The van der Waals surface area contributed by atoms with E-state index in [-0.39, 0.29) is 17.7 Å². The fourth-order valence-corrected chi connectivity index (χ4v) is 5.88. The Morgan fingerprint density at radius 3 is 2.06 bits per heavy atom. The molecule has 3 nitrogen and oxygen atoms in total. The van der Waals surface area contributed by atoms with E-state index in [1.54, 1.807) is 24.3 Å². The fourth-order valence-electron chi connectivity index (χ4n) is 5.88. The molecule has 2 heterocycles. The quantitative estimate of drug-likeness (QED) is 0.334. The summed E-state index contributed by atoms with van der Waals surface area (Å²) in [5, 5.41) is 0. The third-order valence-electron chi connectivity index (χ3n) is 7.78. The van der Waals surface area contributed by atoms with Crippen molar-refractivity contribution in [2.75, 3.05) is 32.8 Å². The van der Waals surface area contributed by atoms with Crippen LogP contribution in [0.15, 0.2) is 78.9 Å². The van der Waals surface area contributed by atoms with E-state index >= 15 is 0 Å². The fraction of sp³-hybridized carbons (Fsp3) is 0.419. The Morgan fingerprint density at radius 2 is 1.39 bits per heavy atom. The molecule has 36 heavy (non-hydrogen) atoms. The number of hydrogen-bond acceptors (Lipinski definition) is 3. The highest BCUT2D eigenvalue weighted by atomic mass is 19.1. The zero-order valence-electron chi connectivity index (χ0n) is 20.9. The number of likely N-dealkylation sites (tertiary alicyclic amines) is 1. The highest BCUT2D eigenvalue weighted by Crippen LogP contribution is 2.31. The van der Waals surface area contributed by atoms with Crippen LogP contribution in [0.25, 0.3) is 0 Å². The van der Waals surface area contributed by atoms with Gasteiger partial charge in [0.2, 0.25) is 0 Å². The van der Waals surface area contributed by atoms with Gasteiger partial charge in [0.05, 0.1) is 6.61 Å². The molecule has 3 aromatic carbocycles. The Kier molecular flexibility index (Phi) is 8.42. The minimum Gasteiger partial charge on any atom is -0.367 e. The van der Waals surface area contributed by atoms with E-state index in [0.717, 1.165) is 37.2 Å². The van der Waals surface area contributed by atoms with Crippen LogP contribution in [0.4, 0.5) is 8.78 Å². The molecule has 2 aliphatic rings. The number of hydrogen-bond donors (Lipinski definition) is 0. The van der Waals surface area contributed by atoms with E-state index in [1.807, 2.05) is 0 Å². The molecule has 0 aromatic heterocycles. The van der Waals surface area contributed by atoms with Crippen molar-refractivity contribution in [3.63, 3.8) is 0 Å². The number of benzene rings is 3. The van der Waals surface area contributed by atoms with Crippen LogP contribution >= 0.6 is 0 Å². The van der Waals surface area contributed by atoms with Gasteiger partial charge in [-0.15, -0.1) is 0 Å². The summed E-state index contributed by atoms with van der Waals surface area (Å²) in [4.78, 5) is 5.31. The number of halogens is 2. The van der Waals surface area contributed by atoms with Gasteiger partial charge in [-0.25, -0.2) is 8.78 Å². The zero-order valence-corrected chi connectivity index (χ0v) is 20.9. The van der Waals surface area contributed by atoms with Crippen LogP contribution in [0.3, 0.4) is 0 Å². The third-order valence-corrected chi connectivity index (χ3v) is 7.78. The highest BCUT2D eigenvalue weighted by molar-refractivity contribution is 5.30. The maximum absolute atomic E-state index is 13.5. The van der Waals surface area contributed by atoms with Gasteiger partial charge in [-0.3, -0.25) is 9.80 Å². The molecule has 0 saturated carbocycles. The van der Waals surface area contributed by atoms with Crippen molar-refractivity contribution in [2.24, 2.45) is 0 Å². The van der Waals surface area contributed by atoms with Crippen LogP contribution in [0, 0.1) is 11.6 Å². The van der Waals surface area contributed by atoms with E-state index in [9.17, 15) is 8.78 Å². The average molecular weight is 491 g/mol. The molecule has 2 aliphatic heterocycles. The Bertz CT molecular complexity index is 1030. The number of nitrogens with zero attached hydrogens (tertiary/aromatic N) is 2. The number of fused-ring (bicyclic) bond motifs is 2. The molecule has 0 unspecified atom stereocenters. The molecule has 0 N–H and O–H groups in total. The molecule has 5 heteroatoms. The van der Waals surface area contributed by atoms with Crippen LogP contribution in [-0.4, -0.2) is 54.7 Å². The molecular formula is C31H36F2N2O. The summed E-state index contributed by atoms with van der Waals surface area (Å²) < 4.78 is 33.4. The molecule has 2 saturated heterocycles. The number of rotatable bonds is 10. The van der Waals surface area contributed by atoms with Crippen molar-refractivity contribution < 1.29 is 13.5 Å². The van der Waals surface area contributed by atoms with Crippen molar-refractivity contribution in [1.29, 1.82) is 0 Å². The smallest absolute Gasteiger partial charge is 0.123 e. The summed E-state index contributed by atoms with van der Waals surface area (Å²) in [5.74, 6) is -0.547. The summed E-state index contributed by atoms with van der Waals surface area (Å²) in [6.45, 7) is 4.79. The van der Waals surface area contributed by atoms with E-state index < -0.39 is 0 Å². The maximum Gasteiger partial charge on any atom is 0.123 e. The lowest BCUT2D eigenvalue weighted by Crippen LogP contribution is -2.40. The van der Waals surface area contributed by atoms with Gasteiger partial charge in [0.1, 0.15) is 17.7 Å². The van der Waals surface area contributed by atoms with Crippen LogP contribution in [0.1, 0.15) is 48.5 Å². The molecule has 0 radical (unpaired) electrons. The first-order valence-corrected chi connectivity index (χ1v) is 13.3. The van der Waals surface area contributed by atoms with Crippen molar-refractivity contribution in [1.82, 2.24) is 9.80 Å². The molecule has 2 bridgehead atoms. The lowest BCUT2D eigenvalue weighted by Gasteiger charge is -2.29. The lowest BCUT2D eigenvalue weighted by atomic mass is 10.0. The van der Waals surface area contributed by atoms with Crippen LogP contribution < -0.4 is 0 Å². The molecule has 190 valence electrons. The molecule has 5 rings (SSSR count). The lowest BCUT2D eigenvalue weighted by molar-refractivity contribution is 0.0574. The first kappa shape index (κ1) is 25.1. The SMILES string of the molecule is Fc1ccc(C(OCCN2CC[C@@H]3CC[C@@H](C2)N3CCCc2ccccc2)c2ccc(F)cc2)cc1. The highest BCUT2D eigenvalue weighted by Gasteiger charge is 2.36. The minimum atomic E-state index is -0.343. The van der Waals surface area contributed by atoms with E-state index in [4.69, 9.17) is 4.74 Å². The van der Waals surface area contributed by atoms with E-state index in [0.29, 0.717) is 18.7 Å². The summed E-state index contributed by atoms with van der Waals surface area (Å²) >= 11 is 0. The van der Waals surface area contributed by atoms with Gasteiger partial charge in [0.15, 0.2) is 0 Å². The molecule has 2 atom stereocenters. The molecule has 3 aromatic rings.